The lowest BCUT2D eigenvalue weighted by Crippen LogP contribution is -2.16. The van der Waals surface area contributed by atoms with E-state index in [0.29, 0.717) is 12.2 Å². The van der Waals surface area contributed by atoms with Gasteiger partial charge >= 0.3 is 0 Å². The molecule has 2 aromatic rings. The van der Waals surface area contributed by atoms with Crippen molar-refractivity contribution in [3.05, 3.63) is 42.0 Å². The van der Waals surface area contributed by atoms with Gasteiger partial charge in [-0.1, -0.05) is 5.21 Å². The van der Waals surface area contributed by atoms with Gasteiger partial charge < -0.3 is 9.84 Å². The molecule has 0 spiro atoms. The Labute approximate surface area is 97.5 Å². The topological polar surface area (TPSA) is 60.2 Å². The maximum absolute atomic E-state index is 13.7. The number of aromatic hydroxyl groups is 1. The second-order valence-corrected chi connectivity index (χ2v) is 3.40. The summed E-state index contributed by atoms with van der Waals surface area (Å²) in [6, 6.07) is 3.91. The smallest absolute Gasteiger partial charge is 0.180 e. The van der Waals surface area contributed by atoms with Crippen molar-refractivity contribution in [2.24, 2.45) is 0 Å². The van der Waals surface area contributed by atoms with E-state index < -0.39 is 12.0 Å². The molecule has 0 aliphatic rings. The molecule has 0 fully saturated rings. The van der Waals surface area contributed by atoms with E-state index in [-0.39, 0.29) is 5.75 Å². The van der Waals surface area contributed by atoms with E-state index in [0.717, 1.165) is 6.07 Å². The molecule has 0 radical (unpaired) electrons. The van der Waals surface area contributed by atoms with Crippen LogP contribution >= 0.6 is 0 Å². The van der Waals surface area contributed by atoms with Gasteiger partial charge in [-0.3, -0.25) is 0 Å². The number of aromatic nitrogens is 3. The summed E-state index contributed by atoms with van der Waals surface area (Å²) in [5, 5.41) is 16.6. The Morgan fingerprint density at radius 2 is 2.35 bits per heavy atom. The Bertz CT molecular complexity index is 487. The first-order chi connectivity index (χ1) is 8.22. The zero-order chi connectivity index (χ0) is 12.3. The summed E-state index contributed by atoms with van der Waals surface area (Å²) in [5.74, 6) is -0.668. The molecule has 1 atom stereocenters. The molecular formula is C11H12FN3O2. The second-order valence-electron chi connectivity index (χ2n) is 3.40. The number of phenols is 1. The summed E-state index contributed by atoms with van der Waals surface area (Å²) in [4.78, 5) is 0. The summed E-state index contributed by atoms with van der Waals surface area (Å²) >= 11 is 0. The maximum Gasteiger partial charge on any atom is 0.180 e. The normalized spacial score (nSPS) is 12.6. The zero-order valence-corrected chi connectivity index (χ0v) is 9.25. The van der Waals surface area contributed by atoms with Crippen molar-refractivity contribution in [3.63, 3.8) is 0 Å². The summed E-state index contributed by atoms with van der Waals surface area (Å²) < 4.78 is 20.6. The quantitative estimate of drug-likeness (QED) is 0.879. The standard InChI is InChI=1S/C11H12FN3O2/c1-2-17-11(15-6-5-13-14-15)9-4-3-8(16)7-10(9)12/h3-7,11,16H,2H2,1H3. The molecule has 2 rings (SSSR count). The van der Waals surface area contributed by atoms with Crippen LogP contribution in [0.2, 0.25) is 0 Å². The van der Waals surface area contributed by atoms with Crippen LogP contribution < -0.4 is 0 Å². The van der Waals surface area contributed by atoms with Crippen LogP contribution in [0.15, 0.2) is 30.6 Å². The van der Waals surface area contributed by atoms with Crippen molar-refractivity contribution >= 4 is 0 Å². The van der Waals surface area contributed by atoms with Crippen molar-refractivity contribution in [2.45, 2.75) is 13.2 Å². The highest BCUT2D eigenvalue weighted by Crippen LogP contribution is 2.24. The molecule has 5 nitrogen and oxygen atoms in total. The lowest BCUT2D eigenvalue weighted by molar-refractivity contribution is 0.0284. The first kappa shape index (κ1) is 11.5. The molecule has 0 amide bonds. The summed E-state index contributed by atoms with van der Waals surface area (Å²) in [6.45, 7) is 2.22. The summed E-state index contributed by atoms with van der Waals surface area (Å²) in [7, 11) is 0. The van der Waals surface area contributed by atoms with Crippen LogP contribution in [0.4, 0.5) is 4.39 Å². The summed E-state index contributed by atoms with van der Waals surface area (Å²) in [5.41, 5.74) is 0.301. The van der Waals surface area contributed by atoms with Gasteiger partial charge in [-0.25, -0.2) is 9.07 Å². The molecule has 1 unspecified atom stereocenters. The van der Waals surface area contributed by atoms with Gasteiger partial charge in [0.05, 0.1) is 6.20 Å². The molecule has 1 N–H and O–H groups in total. The number of benzene rings is 1. The van der Waals surface area contributed by atoms with Crippen molar-refractivity contribution in [1.29, 1.82) is 0 Å². The number of ether oxygens (including phenoxy) is 1. The Balaban J connectivity index is 2.39. The van der Waals surface area contributed by atoms with Crippen LogP contribution in [-0.4, -0.2) is 26.7 Å². The summed E-state index contributed by atoms with van der Waals surface area (Å²) in [6.07, 6.45) is 2.40. The fourth-order valence-electron chi connectivity index (χ4n) is 1.53. The SMILES string of the molecule is CCOC(c1ccc(O)cc1F)n1ccnn1. The molecule has 6 heteroatoms. The van der Waals surface area contributed by atoms with Gasteiger partial charge in [0, 0.05) is 24.4 Å². The van der Waals surface area contributed by atoms with Crippen molar-refractivity contribution < 1.29 is 14.2 Å². The van der Waals surface area contributed by atoms with Gasteiger partial charge in [0.25, 0.3) is 0 Å². The van der Waals surface area contributed by atoms with Crippen molar-refractivity contribution in [2.75, 3.05) is 6.61 Å². The second kappa shape index (κ2) is 4.92. The van der Waals surface area contributed by atoms with E-state index in [4.69, 9.17) is 9.84 Å². The lowest BCUT2D eigenvalue weighted by atomic mass is 10.1. The molecule has 0 aliphatic heterocycles. The molecular weight excluding hydrogens is 225 g/mol. The molecule has 1 aromatic heterocycles. The van der Waals surface area contributed by atoms with Gasteiger partial charge in [-0.15, -0.1) is 5.10 Å². The van der Waals surface area contributed by atoms with E-state index in [9.17, 15) is 4.39 Å². The van der Waals surface area contributed by atoms with Gasteiger partial charge in [0.15, 0.2) is 6.23 Å². The van der Waals surface area contributed by atoms with Crippen LogP contribution in [-0.2, 0) is 4.74 Å². The minimum atomic E-state index is -0.678. The van der Waals surface area contributed by atoms with Crippen LogP contribution in [0.25, 0.3) is 0 Å². The minimum absolute atomic E-state index is 0.125. The Hall–Kier alpha value is -1.95. The Morgan fingerprint density at radius 1 is 1.53 bits per heavy atom. The van der Waals surface area contributed by atoms with E-state index in [2.05, 4.69) is 10.3 Å². The zero-order valence-electron chi connectivity index (χ0n) is 9.25. The van der Waals surface area contributed by atoms with Gasteiger partial charge in [0.2, 0.25) is 0 Å². The molecule has 17 heavy (non-hydrogen) atoms. The largest absolute Gasteiger partial charge is 0.508 e. The highest BCUT2D eigenvalue weighted by Gasteiger charge is 2.18. The fourth-order valence-corrected chi connectivity index (χ4v) is 1.53. The number of rotatable bonds is 4. The highest BCUT2D eigenvalue weighted by atomic mass is 19.1. The van der Waals surface area contributed by atoms with Gasteiger partial charge in [-0.2, -0.15) is 0 Å². The fraction of sp³-hybridized carbons (Fsp3) is 0.273. The number of nitrogens with zero attached hydrogens (tertiary/aromatic N) is 3. The maximum atomic E-state index is 13.7. The van der Waals surface area contributed by atoms with Crippen LogP contribution in [0.3, 0.4) is 0 Å². The third-order valence-corrected chi connectivity index (χ3v) is 2.26. The number of hydrogen-bond acceptors (Lipinski definition) is 4. The number of halogens is 1. The molecule has 90 valence electrons. The molecule has 1 aromatic carbocycles. The molecule has 1 heterocycles. The number of hydrogen-bond donors (Lipinski definition) is 1. The first-order valence-electron chi connectivity index (χ1n) is 5.18. The van der Waals surface area contributed by atoms with Gasteiger partial charge in [-0.05, 0) is 19.1 Å². The third kappa shape index (κ3) is 2.42. The predicted octanol–water partition coefficient (Wildman–Crippen LogP) is 1.71. The van der Waals surface area contributed by atoms with Crippen LogP contribution in [0.1, 0.15) is 18.7 Å². The van der Waals surface area contributed by atoms with E-state index in [1.807, 2.05) is 6.92 Å². The van der Waals surface area contributed by atoms with Gasteiger partial charge in [0.1, 0.15) is 11.6 Å². The van der Waals surface area contributed by atoms with E-state index in [1.165, 1.54) is 23.0 Å². The Kier molecular flexibility index (Phi) is 3.34. The number of phenolic OH excluding ortho intramolecular Hbond substituents is 1. The Morgan fingerprint density at radius 3 is 2.94 bits per heavy atom. The monoisotopic (exact) mass is 237 g/mol. The van der Waals surface area contributed by atoms with E-state index >= 15 is 0 Å². The molecule has 0 saturated carbocycles. The highest BCUT2D eigenvalue weighted by molar-refractivity contribution is 5.29. The van der Waals surface area contributed by atoms with Crippen LogP contribution in [0, 0.1) is 5.82 Å². The third-order valence-electron chi connectivity index (χ3n) is 2.26. The van der Waals surface area contributed by atoms with Crippen molar-refractivity contribution in [3.8, 4) is 5.75 Å². The van der Waals surface area contributed by atoms with Crippen LogP contribution in [0.5, 0.6) is 5.75 Å². The molecule has 0 bridgehead atoms. The first-order valence-corrected chi connectivity index (χ1v) is 5.18. The minimum Gasteiger partial charge on any atom is -0.508 e. The molecule has 0 saturated heterocycles. The molecule has 0 aliphatic carbocycles. The predicted molar refractivity (Wildman–Crippen MR) is 57.9 cm³/mol. The average molecular weight is 237 g/mol. The lowest BCUT2D eigenvalue weighted by Gasteiger charge is -2.17. The average Bonchev–Trinajstić information content (AvgIpc) is 2.80. The van der Waals surface area contributed by atoms with E-state index in [1.54, 1.807) is 6.20 Å². The van der Waals surface area contributed by atoms with Crippen molar-refractivity contribution in [1.82, 2.24) is 15.0 Å².